The Morgan fingerprint density at radius 1 is 1.50 bits per heavy atom. The van der Waals surface area contributed by atoms with E-state index >= 15 is 0 Å². The van der Waals surface area contributed by atoms with E-state index in [1.54, 1.807) is 6.07 Å². The van der Waals surface area contributed by atoms with Gasteiger partial charge in [0.15, 0.2) is 0 Å². The van der Waals surface area contributed by atoms with E-state index in [2.05, 4.69) is 0 Å². The smallest absolute Gasteiger partial charge is 0.137 e. The molecular weight excluding hydrogens is 185 g/mol. The summed E-state index contributed by atoms with van der Waals surface area (Å²) in [5.41, 5.74) is 6.78. The number of hydrogen-bond acceptors (Lipinski definition) is 3. The molecule has 0 aliphatic heterocycles. The van der Waals surface area contributed by atoms with Gasteiger partial charge < -0.3 is 15.3 Å². The molecule has 0 aliphatic rings. The lowest BCUT2D eigenvalue weighted by Gasteiger charge is -2.04. The van der Waals surface area contributed by atoms with Crippen molar-refractivity contribution in [2.75, 3.05) is 6.61 Å². The maximum atomic E-state index is 12.8. The minimum Gasteiger partial charge on any atom is -0.464 e. The van der Waals surface area contributed by atoms with Crippen LogP contribution >= 0.6 is 0 Å². The fraction of sp³-hybridized carbons (Fsp3) is 0.200. The first-order valence-electron chi connectivity index (χ1n) is 4.25. The number of aliphatic hydroxyl groups excluding tert-OH is 1. The molecule has 2 aromatic rings. The second-order valence-electron chi connectivity index (χ2n) is 3.12. The fourth-order valence-corrected chi connectivity index (χ4v) is 1.41. The van der Waals surface area contributed by atoms with Crippen molar-refractivity contribution in [2.24, 2.45) is 5.73 Å². The number of hydrogen-bond donors (Lipinski definition) is 2. The summed E-state index contributed by atoms with van der Waals surface area (Å²) in [6, 6.07) is 3.75. The highest BCUT2D eigenvalue weighted by Crippen LogP contribution is 2.25. The third-order valence-electron chi connectivity index (χ3n) is 2.16. The predicted octanol–water partition coefficient (Wildman–Crippen LogP) is 1.56. The van der Waals surface area contributed by atoms with Gasteiger partial charge in [0.05, 0.1) is 18.9 Å². The van der Waals surface area contributed by atoms with Crippen LogP contribution in [0.25, 0.3) is 11.0 Å². The van der Waals surface area contributed by atoms with Crippen LogP contribution in [0.4, 0.5) is 4.39 Å². The monoisotopic (exact) mass is 195 g/mol. The molecule has 0 amide bonds. The van der Waals surface area contributed by atoms with Gasteiger partial charge in [-0.2, -0.15) is 0 Å². The number of aliphatic hydroxyl groups is 1. The van der Waals surface area contributed by atoms with Crippen molar-refractivity contribution in [1.82, 2.24) is 0 Å². The van der Waals surface area contributed by atoms with Crippen LogP contribution in [0.5, 0.6) is 0 Å². The molecule has 1 unspecified atom stereocenters. The van der Waals surface area contributed by atoms with E-state index in [-0.39, 0.29) is 12.4 Å². The Kier molecular flexibility index (Phi) is 2.23. The topological polar surface area (TPSA) is 59.4 Å². The molecule has 3 nitrogen and oxygen atoms in total. The van der Waals surface area contributed by atoms with E-state index in [1.807, 2.05) is 0 Å². The molecular formula is C10H10FNO2. The number of halogens is 1. The van der Waals surface area contributed by atoms with Gasteiger partial charge in [-0.15, -0.1) is 0 Å². The minimum atomic E-state index is -0.485. The molecule has 0 radical (unpaired) electrons. The van der Waals surface area contributed by atoms with Gasteiger partial charge in [-0.3, -0.25) is 0 Å². The summed E-state index contributed by atoms with van der Waals surface area (Å²) < 4.78 is 17.9. The lowest BCUT2D eigenvalue weighted by molar-refractivity contribution is 0.268. The lowest BCUT2D eigenvalue weighted by atomic mass is 10.1. The number of nitrogens with two attached hydrogens (primary N) is 1. The van der Waals surface area contributed by atoms with E-state index in [0.29, 0.717) is 11.1 Å². The van der Waals surface area contributed by atoms with Gasteiger partial charge in [0.1, 0.15) is 11.4 Å². The summed E-state index contributed by atoms with van der Waals surface area (Å²) in [5.74, 6) is -0.351. The number of benzene rings is 1. The number of fused-ring (bicyclic) bond motifs is 1. The predicted molar refractivity (Wildman–Crippen MR) is 50.2 cm³/mol. The Morgan fingerprint density at radius 3 is 3.00 bits per heavy atom. The van der Waals surface area contributed by atoms with Gasteiger partial charge in [-0.25, -0.2) is 4.39 Å². The molecule has 4 heteroatoms. The first-order chi connectivity index (χ1) is 6.72. The summed E-state index contributed by atoms with van der Waals surface area (Å²) in [7, 11) is 0. The van der Waals surface area contributed by atoms with Crippen molar-refractivity contribution in [1.29, 1.82) is 0 Å². The summed E-state index contributed by atoms with van der Waals surface area (Å²) in [6.07, 6.45) is 1.45. The molecule has 74 valence electrons. The normalized spacial score (nSPS) is 13.4. The maximum absolute atomic E-state index is 12.8. The van der Waals surface area contributed by atoms with Gasteiger partial charge in [0, 0.05) is 17.0 Å². The van der Waals surface area contributed by atoms with Crippen molar-refractivity contribution < 1.29 is 13.9 Å². The average molecular weight is 195 g/mol. The Balaban J connectivity index is 2.58. The lowest BCUT2D eigenvalue weighted by Crippen LogP contribution is -2.13. The molecule has 0 aliphatic carbocycles. The second-order valence-corrected chi connectivity index (χ2v) is 3.12. The van der Waals surface area contributed by atoms with Gasteiger partial charge >= 0.3 is 0 Å². The molecule has 0 bridgehead atoms. The van der Waals surface area contributed by atoms with Crippen molar-refractivity contribution in [3.8, 4) is 0 Å². The van der Waals surface area contributed by atoms with Crippen LogP contribution in [0.3, 0.4) is 0 Å². The molecule has 14 heavy (non-hydrogen) atoms. The van der Waals surface area contributed by atoms with E-state index in [9.17, 15) is 4.39 Å². The Bertz CT molecular complexity index is 452. The highest BCUT2D eigenvalue weighted by atomic mass is 19.1. The van der Waals surface area contributed by atoms with Crippen LogP contribution in [0.15, 0.2) is 28.9 Å². The molecule has 3 N–H and O–H groups in total. The van der Waals surface area contributed by atoms with Crippen LogP contribution in [-0.4, -0.2) is 11.7 Å². The van der Waals surface area contributed by atoms with Crippen LogP contribution in [-0.2, 0) is 0 Å². The summed E-state index contributed by atoms with van der Waals surface area (Å²) in [6.45, 7) is -0.161. The zero-order valence-electron chi connectivity index (χ0n) is 7.40. The van der Waals surface area contributed by atoms with Crippen molar-refractivity contribution >= 4 is 11.0 Å². The van der Waals surface area contributed by atoms with Crippen molar-refractivity contribution in [3.63, 3.8) is 0 Å². The molecule has 1 heterocycles. The summed E-state index contributed by atoms with van der Waals surface area (Å²) >= 11 is 0. The second kappa shape index (κ2) is 3.40. The first kappa shape index (κ1) is 9.18. The van der Waals surface area contributed by atoms with Crippen molar-refractivity contribution in [2.45, 2.75) is 6.04 Å². The zero-order valence-corrected chi connectivity index (χ0v) is 7.40. The molecule has 1 aromatic heterocycles. The molecule has 1 aromatic carbocycles. The molecule has 0 fully saturated rings. The largest absolute Gasteiger partial charge is 0.464 e. The zero-order chi connectivity index (χ0) is 10.1. The van der Waals surface area contributed by atoms with E-state index in [1.165, 1.54) is 18.4 Å². The highest BCUT2D eigenvalue weighted by Gasteiger charge is 2.12. The third kappa shape index (κ3) is 1.38. The van der Waals surface area contributed by atoms with Crippen molar-refractivity contribution in [3.05, 3.63) is 35.8 Å². The molecule has 1 atom stereocenters. The Hall–Kier alpha value is -1.39. The summed E-state index contributed by atoms with van der Waals surface area (Å²) in [5, 5.41) is 9.62. The highest BCUT2D eigenvalue weighted by molar-refractivity contribution is 5.81. The Labute approximate surface area is 79.9 Å². The van der Waals surface area contributed by atoms with Crippen LogP contribution in [0, 0.1) is 5.82 Å². The molecule has 2 rings (SSSR count). The van der Waals surface area contributed by atoms with Gasteiger partial charge in [0.25, 0.3) is 0 Å². The van der Waals surface area contributed by atoms with Crippen LogP contribution < -0.4 is 5.73 Å². The van der Waals surface area contributed by atoms with Gasteiger partial charge in [-0.1, -0.05) is 0 Å². The Morgan fingerprint density at radius 2 is 2.29 bits per heavy atom. The van der Waals surface area contributed by atoms with Gasteiger partial charge in [0.2, 0.25) is 0 Å². The molecule has 0 spiro atoms. The SMILES string of the molecule is NC(CO)c1coc2cc(F)ccc12. The minimum absolute atomic E-state index is 0.161. The van der Waals surface area contributed by atoms with E-state index in [4.69, 9.17) is 15.3 Å². The molecule has 0 saturated carbocycles. The third-order valence-corrected chi connectivity index (χ3v) is 2.16. The first-order valence-corrected chi connectivity index (χ1v) is 4.25. The van der Waals surface area contributed by atoms with Gasteiger partial charge in [-0.05, 0) is 12.1 Å². The standard InChI is InChI=1S/C10H10FNO2/c11-6-1-2-7-8(9(12)4-13)5-14-10(7)3-6/h1-3,5,9,13H,4,12H2. The quantitative estimate of drug-likeness (QED) is 0.764. The maximum Gasteiger partial charge on any atom is 0.137 e. The summed E-state index contributed by atoms with van der Waals surface area (Å²) in [4.78, 5) is 0. The molecule has 0 saturated heterocycles. The van der Waals surface area contributed by atoms with Crippen LogP contribution in [0.2, 0.25) is 0 Å². The number of rotatable bonds is 2. The average Bonchev–Trinajstić information content (AvgIpc) is 2.59. The number of furan rings is 1. The fourth-order valence-electron chi connectivity index (χ4n) is 1.41. The van der Waals surface area contributed by atoms with E-state index < -0.39 is 6.04 Å². The van der Waals surface area contributed by atoms with E-state index in [0.717, 1.165) is 5.39 Å². The van der Waals surface area contributed by atoms with Crippen LogP contribution in [0.1, 0.15) is 11.6 Å².